The number of carbonyl (C=O) groups excluding carboxylic acids is 1. The average Bonchev–Trinajstić information content (AvgIpc) is 3.31. The summed E-state index contributed by atoms with van der Waals surface area (Å²) < 4.78 is 6.78. The van der Waals surface area contributed by atoms with E-state index in [4.69, 9.17) is 4.74 Å². The van der Waals surface area contributed by atoms with Gasteiger partial charge in [0.25, 0.3) is 0 Å². The molecule has 0 saturated heterocycles. The predicted octanol–water partition coefficient (Wildman–Crippen LogP) is 2.92. The zero-order chi connectivity index (χ0) is 17.9. The van der Waals surface area contributed by atoms with E-state index in [2.05, 4.69) is 20.1 Å². The van der Waals surface area contributed by atoms with Crippen molar-refractivity contribution in [1.29, 1.82) is 0 Å². The van der Waals surface area contributed by atoms with Crippen molar-refractivity contribution in [2.75, 3.05) is 6.61 Å². The smallest absolute Gasteiger partial charge is 0.313 e. The zero-order valence-corrected chi connectivity index (χ0v) is 14.2. The lowest BCUT2D eigenvalue weighted by atomic mass is 10.1. The maximum atomic E-state index is 11.8. The number of fused-ring (bicyclic) bond motifs is 1. The normalized spacial score (nSPS) is 11.0. The summed E-state index contributed by atoms with van der Waals surface area (Å²) in [6.45, 7) is 2.13. The summed E-state index contributed by atoms with van der Waals surface area (Å²) in [4.78, 5) is 23.8. The second-order valence-electron chi connectivity index (χ2n) is 5.75. The van der Waals surface area contributed by atoms with Gasteiger partial charge in [-0.05, 0) is 36.8 Å². The Morgan fingerprint density at radius 3 is 2.88 bits per heavy atom. The minimum atomic E-state index is -0.306. The van der Waals surface area contributed by atoms with Crippen molar-refractivity contribution >= 4 is 17.0 Å². The van der Waals surface area contributed by atoms with Crippen LogP contribution < -0.4 is 0 Å². The zero-order valence-electron chi connectivity index (χ0n) is 14.2. The number of rotatable bonds is 5. The van der Waals surface area contributed by atoms with E-state index in [1.807, 2.05) is 36.5 Å². The van der Waals surface area contributed by atoms with Crippen molar-refractivity contribution in [3.05, 3.63) is 60.9 Å². The number of aromatic amines is 1. The summed E-state index contributed by atoms with van der Waals surface area (Å²) in [5.41, 5.74) is 4.40. The van der Waals surface area contributed by atoms with Crippen LogP contribution in [0.25, 0.3) is 27.8 Å². The van der Waals surface area contributed by atoms with Crippen LogP contribution >= 0.6 is 0 Å². The van der Waals surface area contributed by atoms with Crippen LogP contribution in [0.15, 0.2) is 55.1 Å². The molecule has 3 heterocycles. The number of imidazole rings is 1. The molecule has 1 aromatic carbocycles. The van der Waals surface area contributed by atoms with Crippen molar-refractivity contribution < 1.29 is 9.53 Å². The van der Waals surface area contributed by atoms with Gasteiger partial charge in [-0.25, -0.2) is 9.67 Å². The molecule has 0 fully saturated rings. The molecule has 0 bridgehead atoms. The van der Waals surface area contributed by atoms with E-state index in [-0.39, 0.29) is 12.4 Å². The van der Waals surface area contributed by atoms with Crippen molar-refractivity contribution in [2.24, 2.45) is 0 Å². The number of benzene rings is 1. The molecule has 4 rings (SSSR count). The maximum Gasteiger partial charge on any atom is 0.313 e. The molecule has 0 aliphatic carbocycles. The monoisotopic (exact) mass is 347 g/mol. The molecule has 130 valence electrons. The second-order valence-corrected chi connectivity index (χ2v) is 5.75. The van der Waals surface area contributed by atoms with Gasteiger partial charge in [0.05, 0.1) is 23.3 Å². The largest absolute Gasteiger partial charge is 0.466 e. The van der Waals surface area contributed by atoms with Crippen molar-refractivity contribution in [3.8, 4) is 16.8 Å². The molecule has 0 atom stereocenters. The molecular weight excluding hydrogens is 330 g/mol. The van der Waals surface area contributed by atoms with Gasteiger partial charge < -0.3 is 9.72 Å². The Balaban J connectivity index is 1.85. The van der Waals surface area contributed by atoms with Gasteiger partial charge in [-0.15, -0.1) is 0 Å². The first kappa shape index (κ1) is 16.0. The number of aromatic nitrogens is 5. The highest BCUT2D eigenvalue weighted by molar-refractivity contribution is 5.90. The van der Waals surface area contributed by atoms with Gasteiger partial charge in [-0.3, -0.25) is 9.78 Å². The maximum absolute atomic E-state index is 11.8. The fraction of sp³-hybridized carbons (Fsp3) is 0.158. The molecule has 7 nitrogen and oxygen atoms in total. The first-order chi connectivity index (χ1) is 12.7. The number of nitrogens with zero attached hydrogens (tertiary/aromatic N) is 4. The van der Waals surface area contributed by atoms with Gasteiger partial charge in [0.1, 0.15) is 12.2 Å². The molecule has 7 heteroatoms. The van der Waals surface area contributed by atoms with Crippen LogP contribution in [0.4, 0.5) is 0 Å². The standard InChI is InChI=1S/C19H17N5O2/c1-2-26-18(25)11-17-22-15-9-14(13-5-3-6-20-12-13)10-16(19(15)23-17)24-8-4-7-21-24/h3-10,12H,2,11H2,1H3,(H,22,23). The number of hydrogen-bond donors (Lipinski definition) is 1. The van der Waals surface area contributed by atoms with Crippen LogP contribution in [-0.4, -0.2) is 37.3 Å². The topological polar surface area (TPSA) is 85.7 Å². The van der Waals surface area contributed by atoms with Gasteiger partial charge in [0.15, 0.2) is 0 Å². The summed E-state index contributed by atoms with van der Waals surface area (Å²) in [5, 5.41) is 4.33. The van der Waals surface area contributed by atoms with Gasteiger partial charge in [0.2, 0.25) is 0 Å². The molecule has 26 heavy (non-hydrogen) atoms. The number of esters is 1. The molecule has 3 aromatic heterocycles. The van der Waals surface area contributed by atoms with Crippen LogP contribution in [0.2, 0.25) is 0 Å². The third-order valence-electron chi connectivity index (χ3n) is 3.98. The molecule has 0 spiro atoms. The molecule has 0 aliphatic heterocycles. The number of carbonyl (C=O) groups is 1. The molecule has 0 radical (unpaired) electrons. The fourth-order valence-corrected chi connectivity index (χ4v) is 2.87. The molecule has 0 saturated carbocycles. The molecule has 1 N–H and O–H groups in total. The van der Waals surface area contributed by atoms with Crippen LogP contribution in [0, 0.1) is 0 Å². The third kappa shape index (κ3) is 3.06. The van der Waals surface area contributed by atoms with Gasteiger partial charge >= 0.3 is 5.97 Å². The minimum Gasteiger partial charge on any atom is -0.466 e. The molecule has 0 amide bonds. The molecular formula is C19H17N5O2. The van der Waals surface area contributed by atoms with Crippen LogP contribution in [0.3, 0.4) is 0 Å². The number of hydrogen-bond acceptors (Lipinski definition) is 5. The second kappa shape index (κ2) is 6.79. The lowest BCUT2D eigenvalue weighted by Gasteiger charge is -2.07. The minimum absolute atomic E-state index is 0.100. The Morgan fingerprint density at radius 1 is 1.23 bits per heavy atom. The summed E-state index contributed by atoms with van der Waals surface area (Å²) in [6, 6.07) is 9.75. The highest BCUT2D eigenvalue weighted by Gasteiger charge is 2.14. The third-order valence-corrected chi connectivity index (χ3v) is 3.98. The first-order valence-electron chi connectivity index (χ1n) is 8.33. The summed E-state index contributed by atoms with van der Waals surface area (Å²) in [7, 11) is 0. The number of H-pyrrole nitrogens is 1. The van der Waals surface area contributed by atoms with E-state index >= 15 is 0 Å². The van der Waals surface area contributed by atoms with E-state index < -0.39 is 0 Å². The molecule has 0 aliphatic rings. The summed E-state index contributed by atoms with van der Waals surface area (Å²) in [5.74, 6) is 0.259. The highest BCUT2D eigenvalue weighted by Crippen LogP contribution is 2.28. The van der Waals surface area contributed by atoms with Crippen molar-refractivity contribution in [3.63, 3.8) is 0 Å². The van der Waals surface area contributed by atoms with E-state index in [1.165, 1.54) is 0 Å². The quantitative estimate of drug-likeness (QED) is 0.561. The number of nitrogens with one attached hydrogen (secondary N) is 1. The Bertz CT molecular complexity index is 1040. The molecule has 4 aromatic rings. The predicted molar refractivity (Wildman–Crippen MR) is 96.8 cm³/mol. The Morgan fingerprint density at radius 2 is 2.15 bits per heavy atom. The lowest BCUT2D eigenvalue weighted by Crippen LogP contribution is -2.08. The number of pyridine rings is 1. The van der Waals surface area contributed by atoms with Gasteiger partial charge in [-0.2, -0.15) is 5.10 Å². The van der Waals surface area contributed by atoms with Gasteiger partial charge in [0, 0.05) is 30.4 Å². The Kier molecular flexibility index (Phi) is 4.18. The van der Waals surface area contributed by atoms with Gasteiger partial charge in [-0.1, -0.05) is 6.07 Å². The first-order valence-corrected chi connectivity index (χ1v) is 8.33. The fourth-order valence-electron chi connectivity index (χ4n) is 2.87. The summed E-state index contributed by atoms with van der Waals surface area (Å²) in [6.07, 6.45) is 7.23. The average molecular weight is 347 g/mol. The lowest BCUT2D eigenvalue weighted by molar-refractivity contribution is -0.142. The van der Waals surface area contributed by atoms with Crippen LogP contribution in [0.5, 0.6) is 0 Å². The van der Waals surface area contributed by atoms with E-state index in [9.17, 15) is 4.79 Å². The number of ether oxygens (including phenoxy) is 1. The highest BCUT2D eigenvalue weighted by atomic mass is 16.5. The SMILES string of the molecule is CCOC(=O)Cc1nc2cc(-c3cccnc3)cc(-n3cccn3)c2[nH]1. The van der Waals surface area contributed by atoms with Crippen LogP contribution in [0.1, 0.15) is 12.7 Å². The van der Waals surface area contributed by atoms with E-state index in [0.29, 0.717) is 12.4 Å². The van der Waals surface area contributed by atoms with Crippen LogP contribution in [-0.2, 0) is 16.0 Å². The Labute approximate surface area is 149 Å². The van der Waals surface area contributed by atoms with E-state index in [1.54, 1.807) is 30.2 Å². The van der Waals surface area contributed by atoms with E-state index in [0.717, 1.165) is 27.8 Å². The molecule has 0 unspecified atom stereocenters. The summed E-state index contributed by atoms with van der Waals surface area (Å²) >= 11 is 0. The Hall–Kier alpha value is -3.48. The van der Waals surface area contributed by atoms with Crippen molar-refractivity contribution in [1.82, 2.24) is 24.7 Å². The van der Waals surface area contributed by atoms with Crippen molar-refractivity contribution in [2.45, 2.75) is 13.3 Å².